The highest BCUT2D eigenvalue weighted by molar-refractivity contribution is 7.89. The zero-order chi connectivity index (χ0) is 19.5. The molecule has 0 atom stereocenters. The highest BCUT2D eigenvalue weighted by Crippen LogP contribution is 2.29. The number of sulfonamides is 1. The number of benzene rings is 1. The molecule has 2 aromatic rings. The third-order valence-corrected chi connectivity index (χ3v) is 5.97. The minimum atomic E-state index is -4.44. The van der Waals surface area contributed by atoms with Gasteiger partial charge in [0.15, 0.2) is 0 Å². The van der Waals surface area contributed by atoms with Crippen LogP contribution in [0, 0.1) is 0 Å². The number of rotatable bonds is 6. The van der Waals surface area contributed by atoms with Gasteiger partial charge in [-0.3, -0.25) is 4.79 Å². The largest absolute Gasteiger partial charge is 0.416 e. The Morgan fingerprint density at radius 2 is 1.58 bits per heavy atom. The van der Waals surface area contributed by atoms with Crippen LogP contribution in [0.2, 0.25) is 0 Å². The van der Waals surface area contributed by atoms with Gasteiger partial charge in [-0.15, -0.1) is 0 Å². The van der Waals surface area contributed by atoms with Crippen molar-refractivity contribution >= 4 is 10.0 Å². The maximum atomic E-state index is 12.6. The van der Waals surface area contributed by atoms with E-state index in [0.29, 0.717) is 5.56 Å². The first kappa shape index (κ1) is 20.2. The molecule has 0 N–H and O–H groups in total. The third-order valence-electron chi connectivity index (χ3n) is 3.93. The monoisotopic (exact) mass is 388 g/mol. The molecule has 2 rings (SSSR count). The van der Waals surface area contributed by atoms with Crippen molar-refractivity contribution in [1.82, 2.24) is 8.87 Å². The highest BCUT2D eigenvalue weighted by Gasteiger charge is 2.30. The SMILES string of the molecule is CCN(CC)S(=O)(=O)c1ccc(=O)n(Cc2ccc(C(F)(F)F)cc2)c1. The van der Waals surface area contributed by atoms with Gasteiger partial charge in [-0.1, -0.05) is 26.0 Å². The predicted octanol–water partition coefficient (Wildman–Crippen LogP) is 2.95. The van der Waals surface area contributed by atoms with Crippen molar-refractivity contribution in [3.05, 3.63) is 64.1 Å². The summed E-state index contributed by atoms with van der Waals surface area (Å²) >= 11 is 0. The van der Waals surface area contributed by atoms with Gasteiger partial charge in [0.05, 0.1) is 17.0 Å². The summed E-state index contributed by atoms with van der Waals surface area (Å²) in [4.78, 5) is 12.0. The third kappa shape index (κ3) is 4.34. The van der Waals surface area contributed by atoms with Gasteiger partial charge in [-0.2, -0.15) is 17.5 Å². The summed E-state index contributed by atoms with van der Waals surface area (Å²) in [5.41, 5.74) is -0.771. The number of alkyl halides is 3. The van der Waals surface area contributed by atoms with Crippen molar-refractivity contribution in [2.45, 2.75) is 31.5 Å². The van der Waals surface area contributed by atoms with E-state index >= 15 is 0 Å². The van der Waals surface area contributed by atoms with Gasteiger partial charge in [0.2, 0.25) is 10.0 Å². The zero-order valence-electron chi connectivity index (χ0n) is 14.3. The topological polar surface area (TPSA) is 59.4 Å². The molecule has 0 unspecified atom stereocenters. The summed E-state index contributed by atoms with van der Waals surface area (Å²) in [6.45, 7) is 3.96. The van der Waals surface area contributed by atoms with E-state index in [-0.39, 0.29) is 24.5 Å². The molecule has 142 valence electrons. The second-order valence-electron chi connectivity index (χ2n) is 5.61. The Balaban J connectivity index is 2.35. The lowest BCUT2D eigenvalue weighted by molar-refractivity contribution is -0.137. The van der Waals surface area contributed by atoms with Gasteiger partial charge < -0.3 is 4.57 Å². The van der Waals surface area contributed by atoms with Crippen LogP contribution < -0.4 is 5.56 Å². The Bertz CT molecular complexity index is 916. The Kier molecular flexibility index (Phi) is 5.92. The molecule has 1 aromatic carbocycles. The van der Waals surface area contributed by atoms with E-state index < -0.39 is 27.3 Å². The molecule has 1 heterocycles. The fourth-order valence-corrected chi connectivity index (χ4v) is 3.97. The molecule has 0 saturated carbocycles. The molecule has 26 heavy (non-hydrogen) atoms. The molecule has 1 aromatic heterocycles. The van der Waals surface area contributed by atoms with Crippen molar-refractivity contribution in [3.8, 4) is 0 Å². The van der Waals surface area contributed by atoms with Crippen molar-refractivity contribution in [2.75, 3.05) is 13.1 Å². The summed E-state index contributed by atoms with van der Waals surface area (Å²) in [7, 11) is -3.73. The molecule has 0 spiro atoms. The summed E-state index contributed by atoms with van der Waals surface area (Å²) < 4.78 is 65.4. The smallest absolute Gasteiger partial charge is 0.310 e. The van der Waals surface area contributed by atoms with Crippen LogP contribution in [0.1, 0.15) is 25.0 Å². The number of hydrogen-bond acceptors (Lipinski definition) is 3. The first-order chi connectivity index (χ1) is 12.1. The Morgan fingerprint density at radius 3 is 2.08 bits per heavy atom. The average molecular weight is 388 g/mol. The van der Waals surface area contributed by atoms with Gasteiger partial charge in [-0.25, -0.2) is 8.42 Å². The lowest BCUT2D eigenvalue weighted by Crippen LogP contribution is -2.32. The van der Waals surface area contributed by atoms with Crippen LogP contribution in [0.15, 0.2) is 52.3 Å². The Hall–Kier alpha value is -2.13. The van der Waals surface area contributed by atoms with E-state index in [1.165, 1.54) is 33.3 Å². The predicted molar refractivity (Wildman–Crippen MR) is 91.4 cm³/mol. The summed E-state index contributed by atoms with van der Waals surface area (Å²) in [5.74, 6) is 0. The van der Waals surface area contributed by atoms with Gasteiger partial charge >= 0.3 is 6.18 Å². The van der Waals surface area contributed by atoms with Crippen molar-refractivity contribution in [1.29, 1.82) is 0 Å². The maximum Gasteiger partial charge on any atom is 0.416 e. The van der Waals surface area contributed by atoms with Gasteiger partial charge in [0.1, 0.15) is 0 Å². The first-order valence-electron chi connectivity index (χ1n) is 7.96. The minimum Gasteiger partial charge on any atom is -0.310 e. The molecular weight excluding hydrogens is 369 g/mol. The average Bonchev–Trinajstić information content (AvgIpc) is 2.57. The molecular formula is C17H19F3N2O3S. The second kappa shape index (κ2) is 7.63. The maximum absolute atomic E-state index is 12.6. The number of pyridine rings is 1. The van der Waals surface area contributed by atoms with E-state index in [1.54, 1.807) is 13.8 Å². The fraction of sp³-hybridized carbons (Fsp3) is 0.353. The van der Waals surface area contributed by atoms with E-state index in [0.717, 1.165) is 18.2 Å². The van der Waals surface area contributed by atoms with Gasteiger partial charge in [-0.05, 0) is 23.8 Å². The summed E-state index contributed by atoms with van der Waals surface area (Å²) in [6.07, 6.45) is -3.22. The van der Waals surface area contributed by atoms with Crippen LogP contribution in [-0.4, -0.2) is 30.4 Å². The van der Waals surface area contributed by atoms with E-state index in [2.05, 4.69) is 0 Å². The lowest BCUT2D eigenvalue weighted by atomic mass is 10.1. The standard InChI is InChI=1S/C17H19F3N2O3S/c1-3-22(4-2)26(24,25)15-9-10-16(23)21(12-15)11-13-5-7-14(8-6-13)17(18,19)20/h5-10,12H,3-4,11H2,1-2H3. The number of aromatic nitrogens is 1. The zero-order valence-corrected chi connectivity index (χ0v) is 15.1. The number of hydrogen-bond donors (Lipinski definition) is 0. The van der Waals surface area contributed by atoms with Crippen LogP contribution in [0.5, 0.6) is 0 Å². The first-order valence-corrected chi connectivity index (χ1v) is 9.40. The molecule has 0 radical (unpaired) electrons. The quantitative estimate of drug-likeness (QED) is 0.765. The van der Waals surface area contributed by atoms with Crippen molar-refractivity contribution in [3.63, 3.8) is 0 Å². The Labute approximate surface area is 149 Å². The van der Waals surface area contributed by atoms with E-state index in [1.807, 2.05) is 0 Å². The number of nitrogens with zero attached hydrogens (tertiary/aromatic N) is 2. The normalized spacial score (nSPS) is 12.5. The summed E-state index contributed by atoms with van der Waals surface area (Å²) in [6, 6.07) is 6.76. The molecule has 0 bridgehead atoms. The molecule has 5 nitrogen and oxygen atoms in total. The molecule has 0 fully saturated rings. The van der Waals surface area contributed by atoms with Crippen LogP contribution in [0.3, 0.4) is 0 Å². The second-order valence-corrected chi connectivity index (χ2v) is 7.55. The Morgan fingerprint density at radius 1 is 1.00 bits per heavy atom. The van der Waals surface area contributed by atoms with Gasteiger partial charge in [0.25, 0.3) is 5.56 Å². The fourth-order valence-electron chi connectivity index (χ4n) is 2.49. The van der Waals surface area contributed by atoms with Crippen LogP contribution in [0.25, 0.3) is 0 Å². The molecule has 0 aliphatic rings. The summed E-state index contributed by atoms with van der Waals surface area (Å²) in [5, 5.41) is 0. The van der Waals surface area contributed by atoms with Crippen LogP contribution in [0.4, 0.5) is 13.2 Å². The number of halogens is 3. The molecule has 0 aliphatic heterocycles. The molecule has 0 saturated heterocycles. The molecule has 9 heteroatoms. The molecule has 0 amide bonds. The van der Waals surface area contributed by atoms with Crippen LogP contribution >= 0.6 is 0 Å². The van der Waals surface area contributed by atoms with Crippen LogP contribution in [-0.2, 0) is 22.7 Å². The van der Waals surface area contributed by atoms with E-state index in [4.69, 9.17) is 0 Å². The van der Waals surface area contributed by atoms with Crippen molar-refractivity contribution in [2.24, 2.45) is 0 Å². The van der Waals surface area contributed by atoms with Crippen molar-refractivity contribution < 1.29 is 21.6 Å². The van der Waals surface area contributed by atoms with Gasteiger partial charge in [0, 0.05) is 25.4 Å². The minimum absolute atomic E-state index is 0.0292. The highest BCUT2D eigenvalue weighted by atomic mass is 32.2. The lowest BCUT2D eigenvalue weighted by Gasteiger charge is -2.19. The van der Waals surface area contributed by atoms with E-state index in [9.17, 15) is 26.4 Å². The molecule has 0 aliphatic carbocycles.